The van der Waals surface area contributed by atoms with Gasteiger partial charge in [-0.25, -0.2) is 9.36 Å². The second-order valence-corrected chi connectivity index (χ2v) is 4.16. The highest BCUT2D eigenvalue weighted by atomic mass is 16.4. The van der Waals surface area contributed by atoms with Crippen molar-refractivity contribution in [3.05, 3.63) is 75.0 Å². The van der Waals surface area contributed by atoms with Gasteiger partial charge in [-0.05, 0) is 36.4 Å². The number of nitrogens with zero attached hydrogens (tertiary/aromatic N) is 2. The Kier molecular flexibility index (Phi) is 2.70. The molecule has 2 aromatic carbocycles. The van der Waals surface area contributed by atoms with E-state index in [1.165, 1.54) is 24.3 Å². The van der Waals surface area contributed by atoms with Gasteiger partial charge in [-0.1, -0.05) is 12.1 Å². The van der Waals surface area contributed by atoms with Gasteiger partial charge in [0.05, 0.1) is 22.7 Å². The number of fused-ring (bicyclic) bond motifs is 1. The van der Waals surface area contributed by atoms with Crippen molar-refractivity contribution in [3.8, 4) is 11.8 Å². The summed E-state index contributed by atoms with van der Waals surface area (Å²) >= 11 is 0. The lowest BCUT2D eigenvalue weighted by Crippen LogP contribution is -2.30. The molecule has 1 heterocycles. The second kappa shape index (κ2) is 4.52. The number of hydrogen-bond acceptors (Lipinski definition) is 4. The van der Waals surface area contributed by atoms with Crippen LogP contribution in [0, 0.1) is 11.3 Å². The fourth-order valence-corrected chi connectivity index (χ4v) is 1.98. The number of rotatable bonds is 1. The van der Waals surface area contributed by atoms with Gasteiger partial charge in [-0.15, -0.1) is 0 Å². The van der Waals surface area contributed by atoms with Crippen LogP contribution in [0.3, 0.4) is 0 Å². The number of nitriles is 1. The molecule has 20 heavy (non-hydrogen) atoms. The van der Waals surface area contributed by atoms with Gasteiger partial charge in [-0.3, -0.25) is 4.79 Å². The Morgan fingerprint density at radius 2 is 1.70 bits per heavy atom. The normalized spacial score (nSPS) is 10.3. The summed E-state index contributed by atoms with van der Waals surface area (Å²) in [7, 11) is 0. The molecular weight excluding hydrogens is 256 g/mol. The number of aromatic nitrogens is 1. The molecule has 3 rings (SSSR count). The van der Waals surface area contributed by atoms with Gasteiger partial charge in [0.25, 0.3) is 5.56 Å². The van der Waals surface area contributed by atoms with Crippen molar-refractivity contribution in [2.45, 2.75) is 0 Å². The van der Waals surface area contributed by atoms with E-state index in [1.54, 1.807) is 24.3 Å². The first kappa shape index (κ1) is 11.9. The molecule has 0 aliphatic heterocycles. The maximum Gasteiger partial charge on any atom is 0.426 e. The van der Waals surface area contributed by atoms with Crippen molar-refractivity contribution in [1.29, 1.82) is 5.26 Å². The Morgan fingerprint density at radius 3 is 2.40 bits per heavy atom. The van der Waals surface area contributed by atoms with E-state index in [-0.39, 0.29) is 5.58 Å². The van der Waals surface area contributed by atoms with E-state index in [1.807, 2.05) is 6.07 Å². The smallest absolute Gasteiger partial charge is 0.409 e. The Hall–Kier alpha value is -3.13. The Bertz CT molecular complexity index is 944. The van der Waals surface area contributed by atoms with E-state index in [4.69, 9.17) is 9.68 Å². The molecule has 0 unspecified atom stereocenters. The maximum atomic E-state index is 12.3. The van der Waals surface area contributed by atoms with Crippen LogP contribution in [0.1, 0.15) is 5.56 Å². The molecule has 0 atom stereocenters. The van der Waals surface area contributed by atoms with Gasteiger partial charge in [-0.2, -0.15) is 5.26 Å². The van der Waals surface area contributed by atoms with E-state index in [0.717, 1.165) is 4.57 Å². The molecule has 0 fully saturated rings. The quantitative estimate of drug-likeness (QED) is 0.671. The lowest BCUT2D eigenvalue weighted by Gasteiger charge is -2.04. The number of hydrogen-bond donors (Lipinski definition) is 0. The average Bonchev–Trinajstić information content (AvgIpc) is 2.48. The molecule has 1 aromatic heterocycles. The topological polar surface area (TPSA) is 76.0 Å². The minimum atomic E-state index is -0.751. The van der Waals surface area contributed by atoms with Crippen LogP contribution < -0.4 is 11.3 Å². The van der Waals surface area contributed by atoms with Crippen LogP contribution >= 0.6 is 0 Å². The molecule has 0 aliphatic rings. The first-order chi connectivity index (χ1) is 9.70. The zero-order valence-electron chi connectivity index (χ0n) is 10.2. The average molecular weight is 264 g/mol. The highest BCUT2D eigenvalue weighted by molar-refractivity contribution is 5.75. The SMILES string of the molecule is N#Cc1ccc(-n2c(=O)oc3ccccc3c2=O)cc1. The summed E-state index contributed by atoms with van der Waals surface area (Å²) in [6, 6.07) is 14.7. The lowest BCUT2D eigenvalue weighted by molar-refractivity contribution is 0.504. The van der Waals surface area contributed by atoms with E-state index in [9.17, 15) is 9.59 Å². The summed E-state index contributed by atoms with van der Waals surface area (Å²) in [6.07, 6.45) is 0. The predicted molar refractivity (Wildman–Crippen MR) is 72.8 cm³/mol. The van der Waals surface area contributed by atoms with Gasteiger partial charge < -0.3 is 4.42 Å². The summed E-state index contributed by atoms with van der Waals surface area (Å²) < 4.78 is 6.07. The van der Waals surface area contributed by atoms with Crippen LogP contribution in [-0.2, 0) is 0 Å². The largest absolute Gasteiger partial charge is 0.426 e. The third-order valence-electron chi connectivity index (χ3n) is 2.96. The molecule has 5 heteroatoms. The molecule has 5 nitrogen and oxygen atoms in total. The lowest BCUT2D eigenvalue weighted by atomic mass is 10.2. The summed E-state index contributed by atoms with van der Waals surface area (Å²) in [6.45, 7) is 0. The minimum Gasteiger partial charge on any atom is -0.409 e. The fourth-order valence-electron chi connectivity index (χ4n) is 1.98. The third-order valence-corrected chi connectivity index (χ3v) is 2.96. The van der Waals surface area contributed by atoms with E-state index >= 15 is 0 Å². The number of para-hydroxylation sites is 1. The molecule has 96 valence electrons. The molecule has 0 saturated carbocycles. The van der Waals surface area contributed by atoms with Crippen molar-refractivity contribution in [3.63, 3.8) is 0 Å². The van der Waals surface area contributed by atoms with Gasteiger partial charge in [0.15, 0.2) is 0 Å². The van der Waals surface area contributed by atoms with Crippen molar-refractivity contribution in [2.75, 3.05) is 0 Å². The predicted octanol–water partition coefficient (Wildman–Crippen LogP) is 1.82. The monoisotopic (exact) mass is 264 g/mol. The molecule has 0 radical (unpaired) electrons. The van der Waals surface area contributed by atoms with Gasteiger partial charge >= 0.3 is 5.76 Å². The fraction of sp³-hybridized carbons (Fsp3) is 0. The van der Waals surface area contributed by atoms with Crippen molar-refractivity contribution in [1.82, 2.24) is 4.57 Å². The van der Waals surface area contributed by atoms with E-state index in [0.29, 0.717) is 16.6 Å². The summed E-state index contributed by atoms with van der Waals surface area (Å²) in [5.41, 5.74) is 0.634. The van der Waals surface area contributed by atoms with Gasteiger partial charge in [0.1, 0.15) is 5.58 Å². The molecule has 0 spiro atoms. The maximum absolute atomic E-state index is 12.3. The molecule has 0 aliphatic carbocycles. The van der Waals surface area contributed by atoms with Crippen LogP contribution in [-0.4, -0.2) is 4.57 Å². The summed E-state index contributed by atoms with van der Waals surface area (Å²) in [5, 5.41) is 9.08. The van der Waals surface area contributed by atoms with E-state index < -0.39 is 11.3 Å². The molecule has 3 aromatic rings. The third kappa shape index (κ3) is 1.80. The van der Waals surface area contributed by atoms with Crippen molar-refractivity contribution >= 4 is 11.0 Å². The molecule has 0 N–H and O–H groups in total. The van der Waals surface area contributed by atoms with Crippen LogP contribution in [0.25, 0.3) is 16.7 Å². The Morgan fingerprint density at radius 1 is 1.00 bits per heavy atom. The Balaban J connectivity index is 2.33. The van der Waals surface area contributed by atoms with Crippen LogP contribution in [0.4, 0.5) is 0 Å². The van der Waals surface area contributed by atoms with Crippen LogP contribution in [0.15, 0.2) is 62.5 Å². The van der Waals surface area contributed by atoms with Crippen molar-refractivity contribution < 1.29 is 4.42 Å². The number of benzene rings is 2. The molecule has 0 amide bonds. The zero-order valence-corrected chi connectivity index (χ0v) is 10.2. The van der Waals surface area contributed by atoms with Gasteiger partial charge in [0, 0.05) is 0 Å². The van der Waals surface area contributed by atoms with E-state index in [2.05, 4.69) is 0 Å². The minimum absolute atomic E-state index is 0.257. The first-order valence-corrected chi connectivity index (χ1v) is 5.86. The summed E-state index contributed by atoms with van der Waals surface area (Å²) in [4.78, 5) is 24.3. The van der Waals surface area contributed by atoms with Crippen LogP contribution in [0.5, 0.6) is 0 Å². The van der Waals surface area contributed by atoms with Gasteiger partial charge in [0.2, 0.25) is 0 Å². The molecule has 0 bridgehead atoms. The molecule has 0 saturated heterocycles. The Labute approximate surface area is 112 Å². The summed E-state index contributed by atoms with van der Waals surface area (Å²) in [5.74, 6) is -0.751. The molecular formula is C15H8N2O3. The van der Waals surface area contributed by atoms with Crippen LogP contribution in [0.2, 0.25) is 0 Å². The van der Waals surface area contributed by atoms with Crippen molar-refractivity contribution in [2.24, 2.45) is 0 Å². The first-order valence-electron chi connectivity index (χ1n) is 5.86. The highest BCUT2D eigenvalue weighted by Gasteiger charge is 2.10. The highest BCUT2D eigenvalue weighted by Crippen LogP contribution is 2.09. The standard InChI is InChI=1S/C15H8N2O3/c16-9-10-5-7-11(8-6-10)17-14(18)12-3-1-2-4-13(12)20-15(17)19/h1-8H. The second-order valence-electron chi connectivity index (χ2n) is 4.16. The zero-order chi connectivity index (χ0) is 14.1.